The molecule has 0 bridgehead atoms. The van der Waals surface area contributed by atoms with Gasteiger partial charge in [-0.3, -0.25) is 0 Å². The first-order valence-corrected chi connectivity index (χ1v) is 16.7. The van der Waals surface area contributed by atoms with E-state index in [9.17, 15) is 0 Å². The summed E-state index contributed by atoms with van der Waals surface area (Å²) in [6.07, 6.45) is 0. The Morgan fingerprint density at radius 2 is 0.870 bits per heavy atom. The van der Waals surface area contributed by atoms with Gasteiger partial charge in [-0.1, -0.05) is 0 Å². The zero-order valence-corrected chi connectivity index (χ0v) is 17.3. The molecule has 3 rings (SSSR count). The average molecular weight is 425 g/mol. The van der Waals surface area contributed by atoms with Gasteiger partial charge in [-0.15, -0.1) is 0 Å². The fraction of sp³-hybridized carbons (Fsp3) is 0.143. The maximum atomic E-state index is 2.34. The molecule has 3 aromatic carbocycles. The van der Waals surface area contributed by atoms with Crippen LogP contribution in [0.15, 0.2) is 91.0 Å². The second kappa shape index (κ2) is 7.59. The van der Waals surface area contributed by atoms with E-state index in [-0.39, 0.29) is 0 Å². The van der Waals surface area contributed by atoms with E-state index in [1.54, 1.807) is 0 Å². The quantitative estimate of drug-likeness (QED) is 0.561. The van der Waals surface area contributed by atoms with Gasteiger partial charge in [-0.2, -0.15) is 0 Å². The van der Waals surface area contributed by atoms with Gasteiger partial charge in [-0.05, 0) is 0 Å². The van der Waals surface area contributed by atoms with Crippen LogP contribution in [0.3, 0.4) is 0 Å². The third kappa shape index (κ3) is 3.51. The summed E-state index contributed by atoms with van der Waals surface area (Å²) in [5.41, 5.74) is 0. The van der Waals surface area contributed by atoms with E-state index in [0.29, 0.717) is 5.25 Å². The van der Waals surface area contributed by atoms with Crippen molar-refractivity contribution in [2.75, 3.05) is 0 Å². The second-order valence-electron chi connectivity index (χ2n) is 5.95. The van der Waals surface area contributed by atoms with Crippen molar-refractivity contribution in [1.82, 2.24) is 0 Å². The van der Waals surface area contributed by atoms with Crippen molar-refractivity contribution in [3.63, 3.8) is 0 Å². The third-order valence-corrected chi connectivity index (χ3v) is 26.4. The summed E-state index contributed by atoms with van der Waals surface area (Å²) in [4.78, 5) is 0. The molecule has 116 valence electrons. The van der Waals surface area contributed by atoms with Gasteiger partial charge in [0.05, 0.1) is 0 Å². The second-order valence-corrected chi connectivity index (χ2v) is 22.1. The summed E-state index contributed by atoms with van der Waals surface area (Å²) in [5.74, 6) is 0. The third-order valence-electron chi connectivity index (χ3n) is 3.95. The normalized spacial score (nSPS) is 11.6. The summed E-state index contributed by atoms with van der Waals surface area (Å²) in [7, 11) is 2.22. The molecule has 0 saturated heterocycles. The Morgan fingerprint density at radius 1 is 0.565 bits per heavy atom. The van der Waals surface area contributed by atoms with Crippen molar-refractivity contribution in [2.45, 2.75) is 19.1 Å². The van der Waals surface area contributed by atoms with Gasteiger partial charge in [0.15, 0.2) is 0 Å². The van der Waals surface area contributed by atoms with Crippen molar-refractivity contribution in [3.8, 4) is 0 Å². The number of hydrogen-bond donors (Lipinski definition) is 0. The molecule has 0 atom stereocenters. The van der Waals surface area contributed by atoms with Crippen LogP contribution in [-0.4, -0.2) is 22.2 Å². The predicted octanol–water partition coefficient (Wildman–Crippen LogP) is 3.80. The van der Waals surface area contributed by atoms with Crippen molar-refractivity contribution in [2.24, 2.45) is 0 Å². The molecule has 0 unspecified atom stereocenters. The Labute approximate surface area is 146 Å². The Hall–Kier alpha value is -1.19. The molecule has 0 fully saturated rings. The number of hydrogen-bond acceptors (Lipinski definition) is 1. The Bertz CT molecular complexity index is 627. The van der Waals surface area contributed by atoms with Crippen LogP contribution in [0.5, 0.6) is 0 Å². The van der Waals surface area contributed by atoms with Crippen LogP contribution in [0.4, 0.5) is 0 Å². The van der Waals surface area contributed by atoms with E-state index in [0.717, 1.165) is 0 Å². The van der Waals surface area contributed by atoms with Crippen LogP contribution in [0.25, 0.3) is 0 Å². The molecule has 2 heteroatoms. The van der Waals surface area contributed by atoms with Gasteiger partial charge < -0.3 is 0 Å². The van der Waals surface area contributed by atoms with Crippen LogP contribution < -0.4 is 10.7 Å². The van der Waals surface area contributed by atoms with Crippen molar-refractivity contribution in [3.05, 3.63) is 91.0 Å². The molecule has 23 heavy (non-hydrogen) atoms. The molecule has 0 aliphatic carbocycles. The molecule has 0 aliphatic heterocycles. The van der Waals surface area contributed by atoms with Gasteiger partial charge in [0.2, 0.25) is 0 Å². The molecule has 0 radical (unpaired) electrons. The maximum absolute atomic E-state index is 3.04. The summed E-state index contributed by atoms with van der Waals surface area (Å²) >= 11 is -3.04. The fourth-order valence-electron chi connectivity index (χ4n) is 3.08. The first kappa shape index (κ1) is 16.7. The van der Waals surface area contributed by atoms with Gasteiger partial charge >= 0.3 is 147 Å². The van der Waals surface area contributed by atoms with Crippen LogP contribution >= 0.6 is 8.95 Å². The fourth-order valence-corrected chi connectivity index (χ4v) is 25.0. The zero-order valence-electron chi connectivity index (χ0n) is 13.6. The Kier molecular flexibility index (Phi) is 5.49. The minimum absolute atomic E-state index is 0.603. The number of rotatable bonds is 5. The first-order chi connectivity index (χ1) is 11.2. The van der Waals surface area contributed by atoms with Crippen LogP contribution in [0.2, 0.25) is 0 Å². The molecule has 0 amide bonds. The van der Waals surface area contributed by atoms with Gasteiger partial charge in [0, 0.05) is 0 Å². The van der Waals surface area contributed by atoms with E-state index < -0.39 is 17.0 Å². The SMILES string of the molecule is CC(C)[S][Sn]([c]1ccccc1)([c]1ccccc1)[c]1ccccc1. The molecule has 3 aromatic rings. The summed E-state index contributed by atoms with van der Waals surface area (Å²) in [6, 6.07) is 33.5. The molecular weight excluding hydrogens is 403 g/mol. The Morgan fingerprint density at radius 3 is 1.13 bits per heavy atom. The van der Waals surface area contributed by atoms with Crippen molar-refractivity contribution in [1.29, 1.82) is 0 Å². The van der Waals surface area contributed by atoms with E-state index in [1.165, 1.54) is 10.7 Å². The predicted molar refractivity (Wildman–Crippen MR) is 107 cm³/mol. The molecule has 0 saturated carbocycles. The number of benzene rings is 3. The van der Waals surface area contributed by atoms with Gasteiger partial charge in [-0.25, -0.2) is 0 Å². The average Bonchev–Trinajstić information content (AvgIpc) is 2.62. The summed E-state index contributed by atoms with van der Waals surface area (Å²) in [5, 5.41) is 0.603. The molecule has 0 aliphatic rings. The van der Waals surface area contributed by atoms with Crippen LogP contribution in [0.1, 0.15) is 13.8 Å². The monoisotopic (exact) mass is 426 g/mol. The minimum atomic E-state index is -3.04. The summed E-state index contributed by atoms with van der Waals surface area (Å²) in [6.45, 7) is 4.65. The van der Waals surface area contributed by atoms with Gasteiger partial charge in [0.25, 0.3) is 0 Å². The summed E-state index contributed by atoms with van der Waals surface area (Å²) < 4.78 is 4.62. The molecule has 0 heterocycles. The molecule has 0 aromatic heterocycles. The molecule has 0 N–H and O–H groups in total. The molecule has 0 nitrogen and oxygen atoms in total. The van der Waals surface area contributed by atoms with Crippen LogP contribution in [-0.2, 0) is 0 Å². The Balaban J connectivity index is 2.30. The molecular formula is C21H22SSn. The first-order valence-electron chi connectivity index (χ1n) is 8.08. The van der Waals surface area contributed by atoms with Crippen molar-refractivity contribution >= 4 is 36.7 Å². The van der Waals surface area contributed by atoms with E-state index >= 15 is 0 Å². The van der Waals surface area contributed by atoms with E-state index in [2.05, 4.69) is 114 Å². The topological polar surface area (TPSA) is 0 Å². The van der Waals surface area contributed by atoms with Crippen molar-refractivity contribution < 1.29 is 0 Å². The van der Waals surface area contributed by atoms with Crippen LogP contribution in [0, 0.1) is 0 Å². The van der Waals surface area contributed by atoms with E-state index in [1.807, 2.05) is 0 Å². The zero-order chi connectivity index (χ0) is 16.1. The molecule has 0 spiro atoms. The van der Waals surface area contributed by atoms with E-state index in [4.69, 9.17) is 0 Å². The standard InChI is InChI=1S/3C6H5.C3H8S.Sn/c3*1-2-4-6-5-3-1;1-3(2)4;/h3*1-5H;3-4H,1-2H3;/q;;;;+1/p-1. The van der Waals surface area contributed by atoms with Gasteiger partial charge in [0.1, 0.15) is 0 Å².